The molecule has 0 aliphatic carbocycles. The van der Waals surface area contributed by atoms with Gasteiger partial charge in [-0.1, -0.05) is 0 Å². The van der Waals surface area contributed by atoms with E-state index in [-0.39, 0.29) is 35.6 Å². The van der Waals surface area contributed by atoms with Crippen molar-refractivity contribution in [2.75, 3.05) is 32.8 Å². The Morgan fingerprint density at radius 1 is 1.11 bits per heavy atom. The highest BCUT2D eigenvalue weighted by molar-refractivity contribution is 7.89. The van der Waals surface area contributed by atoms with Gasteiger partial charge in [-0.2, -0.15) is 4.31 Å². The van der Waals surface area contributed by atoms with Gasteiger partial charge in [-0.25, -0.2) is 13.2 Å². The van der Waals surface area contributed by atoms with E-state index < -0.39 is 16.0 Å². The molecular weight excluding hydrogens is 372 g/mol. The molecule has 0 bridgehead atoms. The molecule has 150 valence electrons. The SMILES string of the molecule is CC(C)OCCCC(=O)N1CCN(S(=O)(=O)c2ccc(C(=O)O)cc2)CC1. The molecule has 0 spiro atoms. The number of ether oxygens (including phenoxy) is 1. The minimum atomic E-state index is -3.70. The first kappa shape index (κ1) is 21.3. The number of carbonyl (C=O) groups excluding carboxylic acids is 1. The van der Waals surface area contributed by atoms with Crippen LogP contribution in [0.15, 0.2) is 29.2 Å². The highest BCUT2D eigenvalue weighted by atomic mass is 32.2. The number of piperazine rings is 1. The topological polar surface area (TPSA) is 104 Å². The van der Waals surface area contributed by atoms with Gasteiger partial charge in [0.25, 0.3) is 0 Å². The fourth-order valence-corrected chi connectivity index (χ4v) is 4.22. The zero-order chi connectivity index (χ0) is 20.0. The second-order valence-corrected chi connectivity index (χ2v) is 8.58. The average molecular weight is 398 g/mol. The molecule has 0 aromatic heterocycles. The van der Waals surface area contributed by atoms with E-state index in [2.05, 4.69) is 0 Å². The Kier molecular flexibility index (Phi) is 7.34. The van der Waals surface area contributed by atoms with Gasteiger partial charge in [0.2, 0.25) is 15.9 Å². The van der Waals surface area contributed by atoms with Crippen LogP contribution in [0.2, 0.25) is 0 Å². The Morgan fingerprint density at radius 2 is 1.70 bits per heavy atom. The van der Waals surface area contributed by atoms with Gasteiger partial charge in [0.05, 0.1) is 16.6 Å². The van der Waals surface area contributed by atoms with Crippen LogP contribution < -0.4 is 0 Å². The van der Waals surface area contributed by atoms with Gasteiger partial charge in [-0.05, 0) is 44.5 Å². The number of aromatic carboxylic acids is 1. The summed E-state index contributed by atoms with van der Waals surface area (Å²) in [6.45, 7) is 5.54. The van der Waals surface area contributed by atoms with E-state index in [1.54, 1.807) is 4.90 Å². The lowest BCUT2D eigenvalue weighted by atomic mass is 10.2. The van der Waals surface area contributed by atoms with Crippen LogP contribution in [0.25, 0.3) is 0 Å². The van der Waals surface area contributed by atoms with Gasteiger partial charge in [0.1, 0.15) is 0 Å². The van der Waals surface area contributed by atoms with E-state index in [0.29, 0.717) is 32.5 Å². The quantitative estimate of drug-likeness (QED) is 0.664. The summed E-state index contributed by atoms with van der Waals surface area (Å²) in [5, 5.41) is 8.91. The van der Waals surface area contributed by atoms with Gasteiger partial charge in [0, 0.05) is 39.2 Å². The number of sulfonamides is 1. The molecule has 1 amide bonds. The molecule has 1 N–H and O–H groups in total. The number of hydrogen-bond acceptors (Lipinski definition) is 5. The van der Waals surface area contributed by atoms with E-state index in [0.717, 1.165) is 0 Å². The molecule has 1 aromatic carbocycles. The fraction of sp³-hybridized carbons (Fsp3) is 0.556. The molecular formula is C18H26N2O6S. The Labute approximate surface area is 159 Å². The highest BCUT2D eigenvalue weighted by Crippen LogP contribution is 2.19. The number of hydrogen-bond donors (Lipinski definition) is 1. The zero-order valence-electron chi connectivity index (χ0n) is 15.6. The summed E-state index contributed by atoms with van der Waals surface area (Å²) < 4.78 is 32.1. The van der Waals surface area contributed by atoms with Crippen LogP contribution in [0.4, 0.5) is 0 Å². The fourth-order valence-electron chi connectivity index (χ4n) is 2.80. The molecule has 1 fully saturated rings. The van der Waals surface area contributed by atoms with Crippen LogP contribution in [0.5, 0.6) is 0 Å². The number of rotatable bonds is 8. The van der Waals surface area contributed by atoms with Crippen molar-refractivity contribution in [2.45, 2.75) is 37.7 Å². The molecule has 1 aliphatic rings. The second kappa shape index (κ2) is 9.29. The minimum Gasteiger partial charge on any atom is -0.478 e. The van der Waals surface area contributed by atoms with Crippen molar-refractivity contribution in [3.05, 3.63) is 29.8 Å². The third-order valence-corrected chi connectivity index (χ3v) is 6.23. The van der Waals surface area contributed by atoms with E-state index in [1.807, 2.05) is 13.8 Å². The summed E-state index contributed by atoms with van der Waals surface area (Å²) in [6.07, 6.45) is 1.17. The van der Waals surface area contributed by atoms with E-state index in [4.69, 9.17) is 9.84 Å². The largest absolute Gasteiger partial charge is 0.478 e. The minimum absolute atomic E-state index is 0.00483. The Balaban J connectivity index is 1.88. The predicted octanol–water partition coefficient (Wildman–Crippen LogP) is 1.42. The lowest BCUT2D eigenvalue weighted by Gasteiger charge is -2.34. The van der Waals surface area contributed by atoms with Gasteiger partial charge >= 0.3 is 5.97 Å². The number of carboxylic acids is 1. The highest BCUT2D eigenvalue weighted by Gasteiger charge is 2.30. The normalized spacial score (nSPS) is 15.9. The molecule has 0 saturated carbocycles. The Hall–Kier alpha value is -1.97. The van der Waals surface area contributed by atoms with E-state index >= 15 is 0 Å². The smallest absolute Gasteiger partial charge is 0.335 e. The van der Waals surface area contributed by atoms with Crippen LogP contribution >= 0.6 is 0 Å². The van der Waals surface area contributed by atoms with Crippen LogP contribution in [-0.4, -0.2) is 73.5 Å². The van der Waals surface area contributed by atoms with Crippen LogP contribution in [-0.2, 0) is 19.6 Å². The molecule has 0 unspecified atom stereocenters. The van der Waals surface area contributed by atoms with Crippen molar-refractivity contribution >= 4 is 21.9 Å². The molecule has 1 aromatic rings. The summed E-state index contributed by atoms with van der Waals surface area (Å²) in [7, 11) is -3.70. The molecule has 2 rings (SSSR count). The molecule has 8 nitrogen and oxygen atoms in total. The first-order valence-corrected chi connectivity index (χ1v) is 10.4. The van der Waals surface area contributed by atoms with Gasteiger partial charge in [0.15, 0.2) is 0 Å². The molecule has 9 heteroatoms. The zero-order valence-corrected chi connectivity index (χ0v) is 16.4. The van der Waals surface area contributed by atoms with Crippen LogP contribution in [0, 0.1) is 0 Å². The van der Waals surface area contributed by atoms with Crippen molar-refractivity contribution in [2.24, 2.45) is 0 Å². The van der Waals surface area contributed by atoms with Crippen molar-refractivity contribution in [1.29, 1.82) is 0 Å². The predicted molar refractivity (Wildman–Crippen MR) is 99.1 cm³/mol. The lowest BCUT2D eigenvalue weighted by Crippen LogP contribution is -2.50. The summed E-state index contributed by atoms with van der Waals surface area (Å²) in [4.78, 5) is 24.8. The molecule has 0 radical (unpaired) electrons. The summed E-state index contributed by atoms with van der Waals surface area (Å²) in [6, 6.07) is 5.14. The first-order valence-electron chi connectivity index (χ1n) is 8.94. The van der Waals surface area contributed by atoms with Crippen molar-refractivity contribution in [3.8, 4) is 0 Å². The summed E-state index contributed by atoms with van der Waals surface area (Å²) in [5.74, 6) is -1.10. The van der Waals surface area contributed by atoms with E-state index in [9.17, 15) is 18.0 Å². The summed E-state index contributed by atoms with van der Waals surface area (Å²) >= 11 is 0. The standard InChI is InChI=1S/C18H26N2O6S/c1-14(2)26-13-3-4-17(21)19-9-11-20(12-10-19)27(24,25)16-7-5-15(6-8-16)18(22)23/h5-8,14H,3-4,9-13H2,1-2H3,(H,22,23). The lowest BCUT2D eigenvalue weighted by molar-refractivity contribution is -0.132. The van der Waals surface area contributed by atoms with Gasteiger partial charge in [-0.3, -0.25) is 4.79 Å². The van der Waals surface area contributed by atoms with Gasteiger partial charge in [-0.15, -0.1) is 0 Å². The van der Waals surface area contributed by atoms with Gasteiger partial charge < -0.3 is 14.7 Å². The first-order chi connectivity index (χ1) is 12.7. The van der Waals surface area contributed by atoms with Crippen molar-refractivity contribution in [3.63, 3.8) is 0 Å². The third kappa shape index (κ3) is 5.75. The van der Waals surface area contributed by atoms with Crippen molar-refractivity contribution < 1.29 is 27.9 Å². The monoisotopic (exact) mass is 398 g/mol. The number of carboxylic acid groups (broad SMARTS) is 1. The number of nitrogens with zero attached hydrogens (tertiary/aromatic N) is 2. The number of amides is 1. The van der Waals surface area contributed by atoms with E-state index in [1.165, 1.54) is 28.6 Å². The molecule has 1 saturated heterocycles. The summed E-state index contributed by atoms with van der Waals surface area (Å²) in [5.41, 5.74) is 0.0332. The maximum absolute atomic E-state index is 12.7. The van der Waals surface area contributed by atoms with Crippen LogP contribution in [0.1, 0.15) is 37.0 Å². The average Bonchev–Trinajstić information content (AvgIpc) is 2.65. The Bertz CT molecular complexity index is 753. The number of benzene rings is 1. The maximum atomic E-state index is 12.7. The molecule has 27 heavy (non-hydrogen) atoms. The molecule has 0 atom stereocenters. The Morgan fingerprint density at radius 3 is 2.22 bits per heavy atom. The van der Waals surface area contributed by atoms with Crippen LogP contribution in [0.3, 0.4) is 0 Å². The second-order valence-electron chi connectivity index (χ2n) is 6.64. The molecule has 1 heterocycles. The maximum Gasteiger partial charge on any atom is 0.335 e. The number of carbonyl (C=O) groups is 2. The van der Waals surface area contributed by atoms with Crippen molar-refractivity contribution in [1.82, 2.24) is 9.21 Å². The molecule has 1 aliphatic heterocycles. The third-order valence-electron chi connectivity index (χ3n) is 4.32.